The van der Waals surface area contributed by atoms with Crippen LogP contribution in [-0.2, 0) is 14.3 Å². The van der Waals surface area contributed by atoms with E-state index in [1.54, 1.807) is 19.3 Å². The van der Waals surface area contributed by atoms with E-state index in [1.165, 1.54) is 6.92 Å². The Hall–Kier alpha value is -1.25. The first-order chi connectivity index (χ1) is 6.07. The number of ether oxygens (including phenoxy) is 2. The van der Waals surface area contributed by atoms with Crippen LogP contribution in [0.2, 0.25) is 0 Å². The van der Waals surface area contributed by atoms with Crippen LogP contribution in [0, 0.1) is 0 Å². The van der Waals surface area contributed by atoms with E-state index < -0.39 is 0 Å². The van der Waals surface area contributed by atoms with Crippen molar-refractivity contribution >= 4 is 5.97 Å². The predicted molar refractivity (Wildman–Crippen MR) is 51.1 cm³/mol. The lowest BCUT2D eigenvalue weighted by Crippen LogP contribution is -2.13. The molecule has 3 heteroatoms. The van der Waals surface area contributed by atoms with E-state index in [1.807, 2.05) is 6.92 Å². The third kappa shape index (κ3) is 5.96. The summed E-state index contributed by atoms with van der Waals surface area (Å²) in [6.07, 6.45) is 2.94. The Bertz CT molecular complexity index is 206. The van der Waals surface area contributed by atoms with Gasteiger partial charge in [-0.25, -0.2) is 0 Å². The number of esters is 1. The van der Waals surface area contributed by atoms with E-state index in [9.17, 15) is 4.79 Å². The van der Waals surface area contributed by atoms with E-state index in [0.29, 0.717) is 12.2 Å². The molecule has 13 heavy (non-hydrogen) atoms. The molecule has 0 N–H and O–H groups in total. The van der Waals surface area contributed by atoms with Gasteiger partial charge in [0.25, 0.3) is 0 Å². The molecular weight excluding hydrogens is 168 g/mol. The molecule has 0 saturated heterocycles. The summed E-state index contributed by atoms with van der Waals surface area (Å²) in [4.78, 5) is 10.6. The Morgan fingerprint density at radius 3 is 2.69 bits per heavy atom. The van der Waals surface area contributed by atoms with Crippen LogP contribution in [0.4, 0.5) is 0 Å². The Morgan fingerprint density at radius 2 is 2.23 bits per heavy atom. The van der Waals surface area contributed by atoms with Crippen molar-refractivity contribution in [1.29, 1.82) is 0 Å². The Labute approximate surface area is 79.0 Å². The summed E-state index contributed by atoms with van der Waals surface area (Å²) < 4.78 is 9.87. The molecule has 0 spiro atoms. The van der Waals surface area contributed by atoms with Crippen molar-refractivity contribution in [1.82, 2.24) is 0 Å². The van der Waals surface area contributed by atoms with Gasteiger partial charge < -0.3 is 9.47 Å². The topological polar surface area (TPSA) is 35.5 Å². The van der Waals surface area contributed by atoms with Crippen molar-refractivity contribution in [2.75, 3.05) is 6.61 Å². The zero-order valence-electron chi connectivity index (χ0n) is 8.37. The molecule has 0 rings (SSSR count). The molecule has 0 radical (unpaired) electrons. The molecule has 0 aromatic rings. The van der Waals surface area contributed by atoms with Crippen LogP contribution in [0.25, 0.3) is 0 Å². The molecule has 0 aromatic carbocycles. The summed E-state index contributed by atoms with van der Waals surface area (Å²) in [6.45, 7) is 9.38. The molecular formula is C10H16O3. The van der Waals surface area contributed by atoms with E-state index in [4.69, 9.17) is 9.47 Å². The normalized spacial score (nSPS) is 12.5. The van der Waals surface area contributed by atoms with Gasteiger partial charge in [-0.15, -0.1) is 0 Å². The molecule has 74 valence electrons. The third-order valence-corrected chi connectivity index (χ3v) is 1.41. The van der Waals surface area contributed by atoms with E-state index >= 15 is 0 Å². The number of hydrogen-bond donors (Lipinski definition) is 0. The molecule has 1 unspecified atom stereocenters. The predicted octanol–water partition coefficient (Wildman–Crippen LogP) is 2.04. The van der Waals surface area contributed by atoms with Crippen LogP contribution in [0.1, 0.15) is 20.8 Å². The van der Waals surface area contributed by atoms with Crippen molar-refractivity contribution in [2.45, 2.75) is 26.9 Å². The molecule has 0 fully saturated rings. The summed E-state index contributed by atoms with van der Waals surface area (Å²) in [5, 5.41) is 0. The maximum atomic E-state index is 10.6. The molecule has 1 atom stereocenters. The fourth-order valence-electron chi connectivity index (χ4n) is 0.692. The SMILES string of the molecule is C=C(/C=C/OCC)C(C)OC(C)=O. The fraction of sp³-hybridized carbons (Fsp3) is 0.500. The van der Waals surface area contributed by atoms with Crippen LogP contribution in [0.15, 0.2) is 24.5 Å². The highest BCUT2D eigenvalue weighted by Gasteiger charge is 2.06. The Kier molecular flexibility index (Phi) is 5.68. The lowest BCUT2D eigenvalue weighted by molar-refractivity contribution is -0.143. The lowest BCUT2D eigenvalue weighted by atomic mass is 10.2. The van der Waals surface area contributed by atoms with Gasteiger partial charge in [0.05, 0.1) is 12.9 Å². The highest BCUT2D eigenvalue weighted by Crippen LogP contribution is 2.05. The first-order valence-corrected chi connectivity index (χ1v) is 4.22. The Balaban J connectivity index is 3.88. The highest BCUT2D eigenvalue weighted by atomic mass is 16.5. The van der Waals surface area contributed by atoms with Crippen molar-refractivity contribution in [3.8, 4) is 0 Å². The average Bonchev–Trinajstić information content (AvgIpc) is 2.03. The van der Waals surface area contributed by atoms with Gasteiger partial charge in [-0.1, -0.05) is 6.58 Å². The van der Waals surface area contributed by atoms with Crippen molar-refractivity contribution in [3.63, 3.8) is 0 Å². The monoisotopic (exact) mass is 184 g/mol. The molecule has 0 aliphatic rings. The quantitative estimate of drug-likeness (QED) is 0.372. The maximum absolute atomic E-state index is 10.6. The molecule has 3 nitrogen and oxygen atoms in total. The van der Waals surface area contributed by atoms with Crippen LogP contribution in [-0.4, -0.2) is 18.7 Å². The van der Waals surface area contributed by atoms with Gasteiger partial charge in [0.15, 0.2) is 0 Å². The molecule has 0 bridgehead atoms. The summed E-state index contributed by atoms with van der Waals surface area (Å²) in [5.74, 6) is -0.307. The molecule has 0 aliphatic carbocycles. The average molecular weight is 184 g/mol. The van der Waals surface area contributed by atoms with Crippen molar-refractivity contribution < 1.29 is 14.3 Å². The van der Waals surface area contributed by atoms with Crippen molar-refractivity contribution in [3.05, 3.63) is 24.5 Å². The minimum atomic E-state index is -0.307. The zero-order valence-corrected chi connectivity index (χ0v) is 8.37. The lowest BCUT2D eigenvalue weighted by Gasteiger charge is -2.11. The molecule has 0 aromatic heterocycles. The summed E-state index contributed by atoms with van der Waals surface area (Å²) in [7, 11) is 0. The van der Waals surface area contributed by atoms with Gasteiger partial charge >= 0.3 is 5.97 Å². The van der Waals surface area contributed by atoms with Gasteiger partial charge in [-0.3, -0.25) is 4.79 Å². The van der Waals surface area contributed by atoms with Gasteiger partial charge in [0, 0.05) is 6.92 Å². The largest absolute Gasteiger partial charge is 0.501 e. The Morgan fingerprint density at radius 1 is 1.62 bits per heavy atom. The second-order valence-electron chi connectivity index (χ2n) is 2.58. The van der Waals surface area contributed by atoms with Crippen molar-refractivity contribution in [2.24, 2.45) is 0 Å². The number of carbonyl (C=O) groups excluding carboxylic acids is 1. The molecule has 0 aliphatic heterocycles. The van der Waals surface area contributed by atoms with Gasteiger partial charge in [-0.05, 0) is 25.5 Å². The summed E-state index contributed by atoms with van der Waals surface area (Å²) >= 11 is 0. The van der Waals surface area contributed by atoms with Crippen LogP contribution >= 0.6 is 0 Å². The van der Waals surface area contributed by atoms with E-state index in [-0.39, 0.29) is 12.1 Å². The third-order valence-electron chi connectivity index (χ3n) is 1.41. The highest BCUT2D eigenvalue weighted by molar-refractivity contribution is 5.66. The molecule has 0 heterocycles. The van der Waals surface area contributed by atoms with Crippen LogP contribution in [0.5, 0.6) is 0 Å². The van der Waals surface area contributed by atoms with Crippen LogP contribution in [0.3, 0.4) is 0 Å². The fourth-order valence-corrected chi connectivity index (χ4v) is 0.692. The van der Waals surface area contributed by atoms with Gasteiger partial charge in [-0.2, -0.15) is 0 Å². The van der Waals surface area contributed by atoms with E-state index in [0.717, 1.165) is 0 Å². The smallest absolute Gasteiger partial charge is 0.303 e. The first kappa shape index (κ1) is 11.8. The van der Waals surface area contributed by atoms with Gasteiger partial charge in [0.1, 0.15) is 6.10 Å². The number of rotatable bonds is 5. The number of hydrogen-bond acceptors (Lipinski definition) is 3. The van der Waals surface area contributed by atoms with E-state index in [2.05, 4.69) is 6.58 Å². The van der Waals surface area contributed by atoms with Crippen LogP contribution < -0.4 is 0 Å². The summed E-state index contributed by atoms with van der Waals surface area (Å²) in [5.41, 5.74) is 0.712. The van der Waals surface area contributed by atoms with Gasteiger partial charge in [0.2, 0.25) is 0 Å². The second-order valence-corrected chi connectivity index (χ2v) is 2.58. The second kappa shape index (κ2) is 6.29. The molecule has 0 amide bonds. The number of carbonyl (C=O) groups is 1. The minimum absolute atomic E-state index is 0.297. The molecule has 0 saturated carbocycles. The standard InChI is InChI=1S/C10H16O3/c1-5-12-7-6-8(2)9(3)13-10(4)11/h6-7,9H,2,5H2,1,3-4H3/b7-6+. The minimum Gasteiger partial charge on any atom is -0.501 e. The zero-order chi connectivity index (χ0) is 10.3. The maximum Gasteiger partial charge on any atom is 0.303 e. The summed E-state index contributed by atoms with van der Waals surface area (Å²) in [6, 6.07) is 0. The first-order valence-electron chi connectivity index (χ1n) is 4.22.